The van der Waals surface area contributed by atoms with E-state index in [2.05, 4.69) is 54.0 Å². The summed E-state index contributed by atoms with van der Waals surface area (Å²) in [6.07, 6.45) is 0. The molecular formula is C16H14N2. The third kappa shape index (κ3) is 1.94. The van der Waals surface area contributed by atoms with Crippen LogP contribution in [-0.2, 0) is 0 Å². The Bertz CT molecular complexity index is 689. The van der Waals surface area contributed by atoms with Gasteiger partial charge < -0.3 is 5.43 Å². The number of anilines is 1. The third-order valence-corrected chi connectivity index (χ3v) is 3.11. The fourth-order valence-electron chi connectivity index (χ4n) is 2.16. The van der Waals surface area contributed by atoms with Gasteiger partial charge in [-0.1, -0.05) is 48.5 Å². The van der Waals surface area contributed by atoms with Crippen molar-refractivity contribution in [2.75, 3.05) is 5.43 Å². The average Bonchev–Trinajstić information content (AvgIpc) is 2.47. The molecule has 0 aliphatic heterocycles. The van der Waals surface area contributed by atoms with Crippen molar-refractivity contribution in [3.05, 3.63) is 66.7 Å². The van der Waals surface area contributed by atoms with E-state index in [1.54, 1.807) is 0 Å². The van der Waals surface area contributed by atoms with Gasteiger partial charge in [-0.2, -0.15) is 0 Å². The van der Waals surface area contributed by atoms with Crippen LogP contribution in [0.15, 0.2) is 66.7 Å². The van der Waals surface area contributed by atoms with E-state index < -0.39 is 0 Å². The van der Waals surface area contributed by atoms with Crippen molar-refractivity contribution in [2.45, 2.75) is 0 Å². The number of benzene rings is 3. The number of nitrogens with one attached hydrogen (secondary N) is 1. The predicted octanol–water partition coefficient (Wildman–Crippen LogP) is 3.79. The maximum absolute atomic E-state index is 5.44. The van der Waals surface area contributed by atoms with Gasteiger partial charge in [0.25, 0.3) is 0 Å². The summed E-state index contributed by atoms with van der Waals surface area (Å²) in [6, 6.07) is 22.9. The normalized spacial score (nSPS) is 10.5. The Hall–Kier alpha value is -2.32. The monoisotopic (exact) mass is 234 g/mol. The summed E-state index contributed by atoms with van der Waals surface area (Å²) in [6.45, 7) is 0. The summed E-state index contributed by atoms with van der Waals surface area (Å²) < 4.78 is 0. The Labute approximate surface area is 106 Å². The Morgan fingerprint density at radius 2 is 1.44 bits per heavy atom. The van der Waals surface area contributed by atoms with Crippen LogP contribution in [-0.4, -0.2) is 0 Å². The molecule has 88 valence electrons. The van der Waals surface area contributed by atoms with Gasteiger partial charge >= 0.3 is 0 Å². The lowest BCUT2D eigenvalue weighted by molar-refractivity contribution is 1.35. The molecule has 0 aliphatic carbocycles. The number of hydrazine groups is 1. The Morgan fingerprint density at radius 3 is 2.28 bits per heavy atom. The fourth-order valence-corrected chi connectivity index (χ4v) is 2.16. The molecule has 0 amide bonds. The van der Waals surface area contributed by atoms with Crippen LogP contribution in [0.1, 0.15) is 0 Å². The highest BCUT2D eigenvalue weighted by Gasteiger charge is 2.00. The highest BCUT2D eigenvalue weighted by molar-refractivity contribution is 5.87. The molecule has 0 saturated heterocycles. The van der Waals surface area contributed by atoms with Crippen molar-refractivity contribution in [3.8, 4) is 11.1 Å². The minimum Gasteiger partial charge on any atom is -0.324 e. The molecular weight excluding hydrogens is 220 g/mol. The molecule has 0 atom stereocenters. The molecule has 3 rings (SSSR count). The molecule has 3 aromatic carbocycles. The van der Waals surface area contributed by atoms with Gasteiger partial charge in [0, 0.05) is 5.69 Å². The standard InChI is InChI=1S/C16H14N2/c17-18-16-7-3-6-14(11-16)15-9-8-12-4-1-2-5-13(12)10-15/h1-11,18H,17H2. The quantitative estimate of drug-likeness (QED) is 0.523. The van der Waals surface area contributed by atoms with E-state index in [0.717, 1.165) is 11.3 Å². The molecule has 0 heterocycles. The van der Waals surface area contributed by atoms with E-state index in [4.69, 9.17) is 5.84 Å². The molecule has 0 fully saturated rings. The van der Waals surface area contributed by atoms with Crippen LogP contribution in [0.25, 0.3) is 21.9 Å². The van der Waals surface area contributed by atoms with Gasteiger partial charge in [0.1, 0.15) is 0 Å². The zero-order valence-electron chi connectivity index (χ0n) is 9.93. The second kappa shape index (κ2) is 4.51. The number of nitrogen functional groups attached to an aromatic ring is 1. The predicted molar refractivity (Wildman–Crippen MR) is 77.2 cm³/mol. The second-order valence-electron chi connectivity index (χ2n) is 4.29. The van der Waals surface area contributed by atoms with E-state index in [-0.39, 0.29) is 0 Å². The van der Waals surface area contributed by atoms with Crippen LogP contribution in [0.4, 0.5) is 5.69 Å². The van der Waals surface area contributed by atoms with Gasteiger partial charge in [0.2, 0.25) is 0 Å². The molecule has 3 aromatic rings. The zero-order valence-corrected chi connectivity index (χ0v) is 9.93. The first-order valence-electron chi connectivity index (χ1n) is 5.93. The summed E-state index contributed by atoms with van der Waals surface area (Å²) >= 11 is 0. The largest absolute Gasteiger partial charge is 0.324 e. The van der Waals surface area contributed by atoms with Crippen LogP contribution >= 0.6 is 0 Å². The van der Waals surface area contributed by atoms with Crippen LogP contribution in [0.5, 0.6) is 0 Å². The summed E-state index contributed by atoms with van der Waals surface area (Å²) in [7, 11) is 0. The number of hydrogen-bond acceptors (Lipinski definition) is 2. The van der Waals surface area contributed by atoms with Crippen molar-refractivity contribution in [3.63, 3.8) is 0 Å². The number of hydrogen-bond donors (Lipinski definition) is 2. The van der Waals surface area contributed by atoms with Crippen molar-refractivity contribution >= 4 is 16.5 Å². The lowest BCUT2D eigenvalue weighted by Gasteiger charge is -2.06. The summed E-state index contributed by atoms with van der Waals surface area (Å²) in [5, 5.41) is 2.51. The minimum atomic E-state index is 0.917. The van der Waals surface area contributed by atoms with Crippen LogP contribution in [0.3, 0.4) is 0 Å². The molecule has 0 radical (unpaired) electrons. The van der Waals surface area contributed by atoms with Gasteiger partial charge in [-0.25, -0.2) is 0 Å². The molecule has 0 aromatic heterocycles. The van der Waals surface area contributed by atoms with E-state index in [1.807, 2.05) is 18.2 Å². The summed E-state index contributed by atoms with van der Waals surface area (Å²) in [5.41, 5.74) is 5.95. The minimum absolute atomic E-state index is 0.917. The molecule has 2 heteroatoms. The summed E-state index contributed by atoms with van der Waals surface area (Å²) in [4.78, 5) is 0. The first-order valence-corrected chi connectivity index (χ1v) is 5.93. The number of fused-ring (bicyclic) bond motifs is 1. The molecule has 0 saturated carbocycles. The van der Waals surface area contributed by atoms with E-state index in [0.29, 0.717) is 0 Å². The zero-order chi connectivity index (χ0) is 12.4. The SMILES string of the molecule is NNc1cccc(-c2ccc3ccccc3c2)c1. The average molecular weight is 234 g/mol. The molecule has 0 bridgehead atoms. The van der Waals surface area contributed by atoms with Crippen LogP contribution in [0.2, 0.25) is 0 Å². The first-order chi connectivity index (χ1) is 8.86. The van der Waals surface area contributed by atoms with Crippen LogP contribution in [0, 0.1) is 0 Å². The highest BCUT2D eigenvalue weighted by Crippen LogP contribution is 2.26. The van der Waals surface area contributed by atoms with Gasteiger partial charge in [0.15, 0.2) is 0 Å². The number of rotatable bonds is 2. The molecule has 18 heavy (non-hydrogen) atoms. The maximum atomic E-state index is 5.44. The first kappa shape index (κ1) is 10.8. The third-order valence-electron chi connectivity index (χ3n) is 3.11. The van der Waals surface area contributed by atoms with Gasteiger partial charge in [-0.3, -0.25) is 5.84 Å². The van der Waals surface area contributed by atoms with Crippen molar-refractivity contribution in [1.29, 1.82) is 0 Å². The molecule has 0 spiro atoms. The molecule has 0 aliphatic rings. The van der Waals surface area contributed by atoms with Gasteiger partial charge in [0.05, 0.1) is 0 Å². The Balaban J connectivity index is 2.13. The molecule has 2 nitrogen and oxygen atoms in total. The van der Waals surface area contributed by atoms with Gasteiger partial charge in [-0.15, -0.1) is 0 Å². The highest BCUT2D eigenvalue weighted by atomic mass is 15.2. The van der Waals surface area contributed by atoms with Crippen molar-refractivity contribution in [1.82, 2.24) is 0 Å². The maximum Gasteiger partial charge on any atom is 0.0491 e. The molecule has 0 unspecified atom stereocenters. The van der Waals surface area contributed by atoms with E-state index in [1.165, 1.54) is 16.3 Å². The smallest absolute Gasteiger partial charge is 0.0491 e. The van der Waals surface area contributed by atoms with Crippen molar-refractivity contribution in [2.24, 2.45) is 5.84 Å². The number of nitrogens with two attached hydrogens (primary N) is 1. The lowest BCUT2D eigenvalue weighted by Crippen LogP contribution is -2.06. The van der Waals surface area contributed by atoms with E-state index in [9.17, 15) is 0 Å². The topological polar surface area (TPSA) is 38.0 Å². The fraction of sp³-hybridized carbons (Fsp3) is 0. The van der Waals surface area contributed by atoms with Crippen LogP contribution < -0.4 is 11.3 Å². The Kier molecular flexibility index (Phi) is 2.71. The van der Waals surface area contributed by atoms with E-state index >= 15 is 0 Å². The van der Waals surface area contributed by atoms with Gasteiger partial charge in [-0.05, 0) is 40.1 Å². The second-order valence-corrected chi connectivity index (χ2v) is 4.29. The lowest BCUT2D eigenvalue weighted by atomic mass is 10.0. The summed E-state index contributed by atoms with van der Waals surface area (Å²) in [5.74, 6) is 5.44. The Morgan fingerprint density at radius 1 is 0.667 bits per heavy atom. The molecule has 3 N–H and O–H groups in total. The van der Waals surface area contributed by atoms with Crippen molar-refractivity contribution < 1.29 is 0 Å².